The fourth-order valence-corrected chi connectivity index (χ4v) is 5.32. The van der Waals surface area contributed by atoms with Gasteiger partial charge in [-0.05, 0) is 74.6 Å². The maximum Gasteiger partial charge on any atom is 0.341 e. The van der Waals surface area contributed by atoms with Crippen LogP contribution in [0.1, 0.15) is 59.5 Å². The number of carbonyl (C=O) groups is 1. The smallest absolute Gasteiger partial charge is 0.341 e. The Labute approximate surface area is 168 Å². The van der Waals surface area contributed by atoms with Gasteiger partial charge in [0, 0.05) is 19.1 Å². The van der Waals surface area contributed by atoms with Crippen LogP contribution in [0.4, 0.5) is 10.1 Å². The van der Waals surface area contributed by atoms with E-state index >= 15 is 4.39 Å². The normalized spacial score (nSPS) is 24.6. The zero-order valence-corrected chi connectivity index (χ0v) is 16.6. The van der Waals surface area contributed by atoms with Crippen LogP contribution in [0.25, 0.3) is 5.52 Å². The second-order valence-corrected chi connectivity index (χ2v) is 8.76. The molecule has 2 aromatic rings. The summed E-state index contributed by atoms with van der Waals surface area (Å²) in [5.74, 6) is -0.969. The van der Waals surface area contributed by atoms with E-state index in [0.717, 1.165) is 50.0 Å². The topological polar surface area (TPSA) is 74.0 Å². The van der Waals surface area contributed by atoms with Gasteiger partial charge in [-0.15, -0.1) is 0 Å². The summed E-state index contributed by atoms with van der Waals surface area (Å²) in [4.78, 5) is 26.4. The molecule has 5 rings (SSSR count). The molecule has 1 saturated carbocycles. The van der Waals surface area contributed by atoms with Crippen LogP contribution in [0.2, 0.25) is 0 Å². The van der Waals surface area contributed by atoms with Crippen LogP contribution >= 0.6 is 0 Å². The first-order chi connectivity index (χ1) is 14.0. The minimum Gasteiger partial charge on any atom is -0.477 e. The number of halogens is 1. The van der Waals surface area contributed by atoms with Gasteiger partial charge in [-0.25, -0.2) is 9.18 Å². The Morgan fingerprint density at radius 1 is 1.28 bits per heavy atom. The van der Waals surface area contributed by atoms with Gasteiger partial charge < -0.3 is 15.3 Å². The third-order valence-electron chi connectivity index (χ3n) is 6.90. The van der Waals surface area contributed by atoms with Gasteiger partial charge in [-0.1, -0.05) is 0 Å². The average molecular weight is 399 g/mol. The van der Waals surface area contributed by atoms with Crippen molar-refractivity contribution in [2.45, 2.75) is 51.0 Å². The lowest BCUT2D eigenvalue weighted by atomic mass is 9.98. The van der Waals surface area contributed by atoms with Crippen LogP contribution in [0, 0.1) is 18.7 Å². The van der Waals surface area contributed by atoms with E-state index in [2.05, 4.69) is 10.2 Å². The molecule has 154 valence electrons. The van der Waals surface area contributed by atoms with Crippen molar-refractivity contribution in [2.75, 3.05) is 24.5 Å². The molecule has 0 spiro atoms. The van der Waals surface area contributed by atoms with E-state index in [-0.39, 0.29) is 11.5 Å². The van der Waals surface area contributed by atoms with E-state index in [4.69, 9.17) is 0 Å². The number of rotatable bonds is 4. The molecule has 2 aromatic heterocycles. The summed E-state index contributed by atoms with van der Waals surface area (Å²) in [5, 5.41) is 13.0. The molecule has 29 heavy (non-hydrogen) atoms. The van der Waals surface area contributed by atoms with E-state index in [0.29, 0.717) is 23.2 Å². The average Bonchev–Trinajstić information content (AvgIpc) is 3.16. The Morgan fingerprint density at radius 3 is 2.72 bits per heavy atom. The second kappa shape index (κ2) is 6.83. The van der Waals surface area contributed by atoms with Crippen molar-refractivity contribution < 1.29 is 14.3 Å². The molecule has 2 atom stereocenters. The number of aromatic carboxylic acids is 1. The monoisotopic (exact) mass is 399 g/mol. The van der Waals surface area contributed by atoms with Crippen LogP contribution in [0.5, 0.6) is 0 Å². The van der Waals surface area contributed by atoms with E-state index in [1.54, 1.807) is 0 Å². The summed E-state index contributed by atoms with van der Waals surface area (Å²) < 4.78 is 16.5. The first-order valence-corrected chi connectivity index (χ1v) is 10.6. The van der Waals surface area contributed by atoms with Crippen LogP contribution in [-0.2, 0) is 0 Å². The number of fused-ring (bicyclic) bond motifs is 1. The van der Waals surface area contributed by atoms with Gasteiger partial charge in [0.2, 0.25) is 0 Å². The molecule has 0 radical (unpaired) electrons. The molecule has 6 nitrogen and oxygen atoms in total. The summed E-state index contributed by atoms with van der Waals surface area (Å²) in [6.07, 6.45) is 6.54. The second-order valence-electron chi connectivity index (χ2n) is 8.76. The lowest BCUT2D eigenvalue weighted by Gasteiger charge is -2.25. The highest BCUT2D eigenvalue weighted by Crippen LogP contribution is 2.44. The molecule has 2 N–H and O–H groups in total. The van der Waals surface area contributed by atoms with E-state index in [9.17, 15) is 14.7 Å². The number of aryl methyl sites for hydroxylation is 1. The highest BCUT2D eigenvalue weighted by molar-refractivity contribution is 5.89. The summed E-state index contributed by atoms with van der Waals surface area (Å²) in [7, 11) is 0. The number of nitrogens with zero attached hydrogens (tertiary/aromatic N) is 2. The maximum absolute atomic E-state index is 15.2. The SMILES string of the molecule is Cc1c(N2CC[C@@H]([C@@H]3CCCN3)C2)c(F)cn2c(=O)c(C(=O)O)cc(C3CC3)c12. The van der Waals surface area contributed by atoms with Crippen molar-refractivity contribution in [1.82, 2.24) is 9.72 Å². The summed E-state index contributed by atoms with van der Waals surface area (Å²) in [6.45, 7) is 4.53. The Kier molecular flexibility index (Phi) is 4.38. The number of carboxylic acids is 1. The molecule has 0 aromatic carbocycles. The molecule has 2 aliphatic heterocycles. The molecular formula is C22H26FN3O3. The van der Waals surface area contributed by atoms with Gasteiger partial charge in [0.05, 0.1) is 17.4 Å². The lowest BCUT2D eigenvalue weighted by Crippen LogP contribution is -2.33. The third kappa shape index (κ3) is 3.03. The first-order valence-electron chi connectivity index (χ1n) is 10.6. The maximum atomic E-state index is 15.2. The Bertz CT molecular complexity index is 1050. The van der Waals surface area contributed by atoms with E-state index in [1.165, 1.54) is 29.5 Å². The standard InChI is InChI=1S/C22H26FN3O3/c1-12-19-15(13-4-5-13)9-16(22(28)29)21(27)26(19)11-17(23)20(12)25-8-6-14(10-25)18-3-2-7-24-18/h9,11,13-14,18,24H,2-8,10H2,1H3,(H,28,29)/t14-,18+/m1/s1. The number of pyridine rings is 2. The molecule has 0 unspecified atom stereocenters. The molecular weight excluding hydrogens is 373 g/mol. The van der Waals surface area contributed by atoms with Gasteiger partial charge in [0.15, 0.2) is 5.82 Å². The van der Waals surface area contributed by atoms with Gasteiger partial charge in [-0.3, -0.25) is 9.20 Å². The van der Waals surface area contributed by atoms with Crippen molar-refractivity contribution in [3.63, 3.8) is 0 Å². The predicted molar refractivity (Wildman–Crippen MR) is 109 cm³/mol. The lowest BCUT2D eigenvalue weighted by molar-refractivity contribution is 0.0694. The van der Waals surface area contributed by atoms with Gasteiger partial charge >= 0.3 is 5.97 Å². The molecule has 0 amide bonds. The first kappa shape index (κ1) is 18.6. The summed E-state index contributed by atoms with van der Waals surface area (Å²) in [6, 6.07) is 2.02. The predicted octanol–water partition coefficient (Wildman–Crippen LogP) is 2.90. The quantitative estimate of drug-likeness (QED) is 0.827. The van der Waals surface area contributed by atoms with Crippen molar-refractivity contribution in [3.8, 4) is 0 Å². The fraction of sp³-hybridized carbons (Fsp3) is 0.545. The zero-order chi connectivity index (χ0) is 20.3. The van der Waals surface area contributed by atoms with Crippen LogP contribution in [-0.4, -0.2) is 41.2 Å². The Balaban J connectivity index is 1.62. The molecule has 2 saturated heterocycles. The number of hydrogen-bond donors (Lipinski definition) is 2. The van der Waals surface area contributed by atoms with Gasteiger partial charge in [0.25, 0.3) is 5.56 Å². The van der Waals surface area contributed by atoms with Crippen molar-refractivity contribution >= 4 is 17.2 Å². The largest absolute Gasteiger partial charge is 0.477 e. The van der Waals surface area contributed by atoms with Crippen molar-refractivity contribution in [2.24, 2.45) is 5.92 Å². The zero-order valence-electron chi connectivity index (χ0n) is 16.6. The number of nitrogens with one attached hydrogen (secondary N) is 1. The molecule has 0 bridgehead atoms. The van der Waals surface area contributed by atoms with Crippen LogP contribution in [0.15, 0.2) is 17.1 Å². The molecule has 7 heteroatoms. The van der Waals surface area contributed by atoms with Crippen molar-refractivity contribution in [1.29, 1.82) is 0 Å². The molecule has 3 fully saturated rings. The Morgan fingerprint density at radius 2 is 2.07 bits per heavy atom. The van der Waals surface area contributed by atoms with Crippen molar-refractivity contribution in [3.05, 3.63) is 45.1 Å². The minimum atomic E-state index is -1.26. The Hall–Kier alpha value is -2.41. The van der Waals surface area contributed by atoms with E-state index in [1.807, 2.05) is 6.92 Å². The third-order valence-corrected chi connectivity index (χ3v) is 6.90. The van der Waals surface area contributed by atoms with Gasteiger partial charge in [-0.2, -0.15) is 0 Å². The number of aromatic nitrogens is 1. The summed E-state index contributed by atoms with van der Waals surface area (Å²) in [5.41, 5.74) is 1.88. The molecule has 3 aliphatic rings. The number of anilines is 1. The van der Waals surface area contributed by atoms with Crippen LogP contribution < -0.4 is 15.8 Å². The van der Waals surface area contributed by atoms with E-state index < -0.39 is 17.3 Å². The molecule has 4 heterocycles. The summed E-state index contributed by atoms with van der Waals surface area (Å²) >= 11 is 0. The highest BCUT2D eigenvalue weighted by Gasteiger charge is 2.34. The fourth-order valence-electron chi connectivity index (χ4n) is 5.32. The number of carboxylic acid groups (broad SMARTS) is 1. The highest BCUT2D eigenvalue weighted by atomic mass is 19.1. The van der Waals surface area contributed by atoms with Crippen LogP contribution in [0.3, 0.4) is 0 Å². The minimum absolute atomic E-state index is 0.245. The number of hydrogen-bond acceptors (Lipinski definition) is 4. The molecule has 1 aliphatic carbocycles. The van der Waals surface area contributed by atoms with Gasteiger partial charge in [0.1, 0.15) is 5.56 Å².